The third-order valence-electron chi connectivity index (χ3n) is 3.20. The summed E-state index contributed by atoms with van der Waals surface area (Å²) in [5, 5.41) is 4.62. The number of hydrogen-bond donors (Lipinski definition) is 1. The molecule has 1 aromatic carbocycles. The van der Waals surface area contributed by atoms with Crippen LogP contribution in [0.5, 0.6) is 11.5 Å². The second-order valence-corrected chi connectivity index (χ2v) is 5.75. The molecule has 0 unspecified atom stereocenters. The van der Waals surface area contributed by atoms with Crippen molar-refractivity contribution in [3.05, 3.63) is 40.6 Å². The van der Waals surface area contributed by atoms with Gasteiger partial charge >= 0.3 is 0 Å². The van der Waals surface area contributed by atoms with E-state index in [0.29, 0.717) is 35.3 Å². The van der Waals surface area contributed by atoms with Gasteiger partial charge in [0.2, 0.25) is 5.91 Å². The first-order chi connectivity index (χ1) is 10.7. The third-order valence-corrected chi connectivity index (χ3v) is 4.11. The smallest absolute Gasteiger partial charge is 0.224 e. The van der Waals surface area contributed by atoms with Crippen LogP contribution in [-0.2, 0) is 4.79 Å². The minimum Gasteiger partial charge on any atom is -0.486 e. The maximum Gasteiger partial charge on any atom is 0.224 e. The van der Waals surface area contributed by atoms with Crippen molar-refractivity contribution in [1.82, 2.24) is 0 Å². The lowest BCUT2D eigenvalue weighted by Crippen LogP contribution is -2.16. The van der Waals surface area contributed by atoms with E-state index in [1.54, 1.807) is 24.3 Å². The van der Waals surface area contributed by atoms with Gasteiger partial charge in [0.1, 0.15) is 13.2 Å². The first-order valence-corrected chi connectivity index (χ1v) is 7.86. The minimum atomic E-state index is -0.193. The zero-order chi connectivity index (χ0) is 15.4. The van der Waals surface area contributed by atoms with Gasteiger partial charge in [-0.15, -0.1) is 11.3 Å². The summed E-state index contributed by atoms with van der Waals surface area (Å²) in [7, 11) is 0. The van der Waals surface area contributed by atoms with Crippen LogP contribution in [0.1, 0.15) is 22.5 Å². The van der Waals surface area contributed by atoms with Gasteiger partial charge in [0, 0.05) is 24.6 Å². The van der Waals surface area contributed by atoms with Crippen molar-refractivity contribution in [1.29, 1.82) is 0 Å². The highest BCUT2D eigenvalue weighted by molar-refractivity contribution is 7.12. The number of carbonyl (C=O) groups is 2. The lowest BCUT2D eigenvalue weighted by atomic mass is 10.2. The van der Waals surface area contributed by atoms with E-state index in [1.165, 1.54) is 11.3 Å². The van der Waals surface area contributed by atoms with Crippen molar-refractivity contribution < 1.29 is 19.1 Å². The van der Waals surface area contributed by atoms with Crippen molar-refractivity contribution in [3.63, 3.8) is 0 Å². The Morgan fingerprint density at radius 2 is 1.91 bits per heavy atom. The highest BCUT2D eigenvalue weighted by atomic mass is 32.1. The average Bonchev–Trinajstić information content (AvgIpc) is 3.07. The lowest BCUT2D eigenvalue weighted by Gasteiger charge is -2.19. The summed E-state index contributed by atoms with van der Waals surface area (Å²) >= 11 is 1.39. The standard InChI is InChI=1S/C16H15NO4S/c18-12(15-2-1-9-22-15)4-6-16(19)17-11-3-5-13-14(10-11)21-8-7-20-13/h1-3,5,9-10H,4,6-8H2,(H,17,19). The highest BCUT2D eigenvalue weighted by Crippen LogP contribution is 2.32. The molecular formula is C16H15NO4S. The molecule has 0 bridgehead atoms. The van der Waals surface area contributed by atoms with Crippen LogP contribution in [0.25, 0.3) is 0 Å². The molecule has 2 heterocycles. The van der Waals surface area contributed by atoms with E-state index in [9.17, 15) is 9.59 Å². The zero-order valence-electron chi connectivity index (χ0n) is 11.8. The normalized spacial score (nSPS) is 12.7. The van der Waals surface area contributed by atoms with Gasteiger partial charge in [0.25, 0.3) is 0 Å². The van der Waals surface area contributed by atoms with E-state index >= 15 is 0 Å². The molecule has 3 rings (SSSR count). The van der Waals surface area contributed by atoms with Crippen LogP contribution in [0, 0.1) is 0 Å². The summed E-state index contributed by atoms with van der Waals surface area (Å²) < 4.78 is 10.9. The van der Waals surface area contributed by atoms with Gasteiger partial charge in [-0.2, -0.15) is 0 Å². The molecule has 0 fully saturated rings. The molecule has 1 aliphatic heterocycles. The maximum atomic E-state index is 11.9. The number of ether oxygens (including phenoxy) is 2. The molecule has 0 saturated heterocycles. The van der Waals surface area contributed by atoms with Gasteiger partial charge in [-0.1, -0.05) is 6.07 Å². The molecule has 1 N–H and O–H groups in total. The van der Waals surface area contributed by atoms with Gasteiger partial charge < -0.3 is 14.8 Å². The first kappa shape index (κ1) is 14.6. The van der Waals surface area contributed by atoms with Crippen LogP contribution >= 0.6 is 11.3 Å². The number of nitrogens with one attached hydrogen (secondary N) is 1. The Hall–Kier alpha value is -2.34. The second kappa shape index (κ2) is 6.62. The highest BCUT2D eigenvalue weighted by Gasteiger charge is 2.14. The molecule has 2 aromatic rings. The SMILES string of the molecule is O=C(CCC(=O)c1cccs1)Nc1ccc2c(c1)OCCO2. The fourth-order valence-electron chi connectivity index (χ4n) is 2.13. The van der Waals surface area contributed by atoms with Crippen LogP contribution in [-0.4, -0.2) is 24.9 Å². The van der Waals surface area contributed by atoms with E-state index in [1.807, 2.05) is 11.4 Å². The van der Waals surface area contributed by atoms with E-state index < -0.39 is 0 Å². The van der Waals surface area contributed by atoms with Gasteiger partial charge in [-0.3, -0.25) is 9.59 Å². The van der Waals surface area contributed by atoms with Crippen molar-refractivity contribution in [2.45, 2.75) is 12.8 Å². The molecule has 0 atom stereocenters. The number of Topliss-reactive ketones (excluding diaryl/α,β-unsaturated/α-hetero) is 1. The summed E-state index contributed by atoms with van der Waals surface area (Å²) in [6.07, 6.45) is 0.363. The molecule has 22 heavy (non-hydrogen) atoms. The third kappa shape index (κ3) is 3.46. The van der Waals surface area contributed by atoms with Gasteiger partial charge in [0.15, 0.2) is 17.3 Å². The van der Waals surface area contributed by atoms with Crippen molar-refractivity contribution in [2.24, 2.45) is 0 Å². The molecule has 6 heteroatoms. The fraction of sp³-hybridized carbons (Fsp3) is 0.250. The molecule has 1 amide bonds. The quantitative estimate of drug-likeness (QED) is 0.861. The molecule has 0 radical (unpaired) electrons. The van der Waals surface area contributed by atoms with E-state index in [-0.39, 0.29) is 24.5 Å². The number of benzene rings is 1. The Balaban J connectivity index is 1.54. The van der Waals surface area contributed by atoms with Crippen molar-refractivity contribution >= 4 is 28.7 Å². The summed E-state index contributed by atoms with van der Waals surface area (Å²) in [6.45, 7) is 1.03. The predicted octanol–water partition coefficient (Wildman–Crippen LogP) is 3.12. The molecule has 0 aliphatic carbocycles. The molecule has 114 valence electrons. The van der Waals surface area contributed by atoms with Crippen molar-refractivity contribution in [3.8, 4) is 11.5 Å². The minimum absolute atomic E-state index is 0.00711. The van der Waals surface area contributed by atoms with E-state index in [0.717, 1.165) is 0 Å². The number of carbonyl (C=O) groups excluding carboxylic acids is 2. The average molecular weight is 317 g/mol. The number of rotatable bonds is 5. The van der Waals surface area contributed by atoms with Crippen LogP contribution in [0.2, 0.25) is 0 Å². The number of ketones is 1. The number of fused-ring (bicyclic) bond motifs is 1. The fourth-order valence-corrected chi connectivity index (χ4v) is 2.83. The Morgan fingerprint density at radius 3 is 2.68 bits per heavy atom. The first-order valence-electron chi connectivity index (χ1n) is 6.98. The number of thiophene rings is 1. The maximum absolute atomic E-state index is 11.9. The Labute approximate surface area is 131 Å². The number of anilines is 1. The van der Waals surface area contributed by atoms with Crippen LogP contribution < -0.4 is 14.8 Å². The summed E-state index contributed by atoms with van der Waals surface area (Å²) in [4.78, 5) is 24.5. The monoisotopic (exact) mass is 317 g/mol. The Morgan fingerprint density at radius 1 is 1.09 bits per heavy atom. The largest absolute Gasteiger partial charge is 0.486 e. The number of hydrogen-bond acceptors (Lipinski definition) is 5. The van der Waals surface area contributed by atoms with Gasteiger partial charge in [-0.25, -0.2) is 0 Å². The van der Waals surface area contributed by atoms with Gasteiger partial charge in [-0.05, 0) is 23.6 Å². The molecule has 0 saturated carbocycles. The molecular weight excluding hydrogens is 302 g/mol. The number of amides is 1. The summed E-state index contributed by atoms with van der Waals surface area (Å²) in [5.41, 5.74) is 0.637. The Kier molecular flexibility index (Phi) is 4.39. The topological polar surface area (TPSA) is 64.6 Å². The Bertz CT molecular complexity index is 681. The predicted molar refractivity (Wildman–Crippen MR) is 83.9 cm³/mol. The van der Waals surface area contributed by atoms with E-state index in [4.69, 9.17) is 9.47 Å². The zero-order valence-corrected chi connectivity index (χ0v) is 12.7. The van der Waals surface area contributed by atoms with Crippen LogP contribution in [0.4, 0.5) is 5.69 Å². The van der Waals surface area contributed by atoms with Crippen LogP contribution in [0.3, 0.4) is 0 Å². The van der Waals surface area contributed by atoms with E-state index in [2.05, 4.69) is 5.32 Å². The van der Waals surface area contributed by atoms with Gasteiger partial charge in [0.05, 0.1) is 4.88 Å². The van der Waals surface area contributed by atoms with Crippen molar-refractivity contribution in [2.75, 3.05) is 18.5 Å². The summed E-state index contributed by atoms with van der Waals surface area (Å²) in [5.74, 6) is 1.10. The lowest BCUT2D eigenvalue weighted by molar-refractivity contribution is -0.116. The molecule has 1 aliphatic rings. The molecule has 0 spiro atoms. The summed E-state index contributed by atoms with van der Waals surface area (Å²) in [6, 6.07) is 8.85. The van der Waals surface area contributed by atoms with Crippen LogP contribution in [0.15, 0.2) is 35.7 Å². The second-order valence-electron chi connectivity index (χ2n) is 4.81. The molecule has 5 nitrogen and oxygen atoms in total. The molecule has 1 aromatic heterocycles.